The molecule has 3 atom stereocenters. The van der Waals surface area contributed by atoms with Gasteiger partial charge in [-0.25, -0.2) is 0 Å². The van der Waals surface area contributed by atoms with Gasteiger partial charge >= 0.3 is 6.18 Å². The highest BCUT2D eigenvalue weighted by Crippen LogP contribution is 2.50. The Hall–Kier alpha value is -2.42. The molecule has 3 heterocycles. The lowest BCUT2D eigenvalue weighted by Crippen LogP contribution is -2.53. The Morgan fingerprint density at radius 1 is 1.31 bits per heavy atom. The van der Waals surface area contributed by atoms with Crippen LogP contribution < -0.4 is 0 Å². The van der Waals surface area contributed by atoms with Gasteiger partial charge in [0.25, 0.3) is 0 Å². The van der Waals surface area contributed by atoms with Crippen LogP contribution in [0.4, 0.5) is 13.2 Å². The van der Waals surface area contributed by atoms with Crippen molar-refractivity contribution in [3.8, 4) is 0 Å². The van der Waals surface area contributed by atoms with Crippen molar-refractivity contribution in [2.24, 2.45) is 7.05 Å². The first-order valence-electron chi connectivity index (χ1n) is 9.60. The fourth-order valence-electron chi connectivity index (χ4n) is 4.86. The van der Waals surface area contributed by atoms with Crippen LogP contribution >= 0.6 is 0 Å². The molecule has 1 fully saturated rings. The molecule has 0 N–H and O–H groups in total. The summed E-state index contributed by atoms with van der Waals surface area (Å²) >= 11 is 0. The molecule has 1 spiro atoms. The molecular weight excluding hydrogens is 385 g/mol. The number of aryl methyl sites for hydroxylation is 1. The van der Waals surface area contributed by atoms with Crippen molar-refractivity contribution in [1.82, 2.24) is 19.9 Å². The molecule has 0 unspecified atom stereocenters. The molecule has 0 bridgehead atoms. The zero-order valence-corrected chi connectivity index (χ0v) is 16.5. The maximum atomic E-state index is 13.2. The van der Waals surface area contributed by atoms with Gasteiger partial charge in [0.2, 0.25) is 5.91 Å². The summed E-state index contributed by atoms with van der Waals surface area (Å²) in [6.45, 7) is 3.80. The maximum absolute atomic E-state index is 13.2. The molecule has 0 aliphatic carbocycles. The van der Waals surface area contributed by atoms with E-state index in [-0.39, 0.29) is 18.0 Å². The number of carbonyl (C=O) groups is 1. The zero-order chi connectivity index (χ0) is 21.0. The second-order valence-electron chi connectivity index (χ2n) is 7.98. The van der Waals surface area contributed by atoms with E-state index >= 15 is 0 Å². The summed E-state index contributed by atoms with van der Waals surface area (Å²) in [4.78, 5) is 14.2. The SMILES string of the molecule is CC(=O)N1[C@@H](C)C[C@@]2(C[C@H]1c1cn(C)nn1)OCCc1cc(C(F)(F)F)ccc12. The van der Waals surface area contributed by atoms with Gasteiger partial charge in [0.15, 0.2) is 0 Å². The standard InChI is InChI=1S/C20H23F3N4O2/c1-12-9-19(10-18(27(12)13(2)28)17-11-26(3)25-24-17)16-5-4-15(20(21,22)23)8-14(16)6-7-29-19/h4-5,8,11-12,18H,6-7,9-10H2,1-3H3/t12-,18-,19-/m0/s1. The Morgan fingerprint density at radius 3 is 2.69 bits per heavy atom. The van der Waals surface area contributed by atoms with E-state index in [1.165, 1.54) is 13.0 Å². The smallest absolute Gasteiger partial charge is 0.370 e. The molecule has 1 amide bonds. The van der Waals surface area contributed by atoms with Crippen LogP contribution in [-0.2, 0) is 34.8 Å². The summed E-state index contributed by atoms with van der Waals surface area (Å²) in [5.74, 6) is -0.0774. The van der Waals surface area contributed by atoms with Crippen molar-refractivity contribution < 1.29 is 22.7 Å². The van der Waals surface area contributed by atoms with Crippen LogP contribution in [0.15, 0.2) is 24.4 Å². The number of ether oxygens (including phenoxy) is 1. The summed E-state index contributed by atoms with van der Waals surface area (Å²) in [5.41, 5.74) is 0.683. The zero-order valence-electron chi connectivity index (χ0n) is 16.5. The van der Waals surface area contributed by atoms with E-state index < -0.39 is 17.3 Å². The minimum Gasteiger partial charge on any atom is -0.370 e. The average Bonchev–Trinajstić information content (AvgIpc) is 3.06. The lowest BCUT2D eigenvalue weighted by molar-refractivity contribution is -0.156. The number of hydrogen-bond acceptors (Lipinski definition) is 4. The van der Waals surface area contributed by atoms with Crippen LogP contribution in [0, 0.1) is 0 Å². The number of piperidine rings is 1. The molecule has 2 aromatic rings. The van der Waals surface area contributed by atoms with Crippen LogP contribution in [0.5, 0.6) is 0 Å². The Morgan fingerprint density at radius 2 is 2.07 bits per heavy atom. The Balaban J connectivity index is 1.78. The molecular formula is C20H23F3N4O2. The molecule has 29 heavy (non-hydrogen) atoms. The molecule has 1 aromatic heterocycles. The number of hydrogen-bond donors (Lipinski definition) is 0. The number of nitrogens with zero attached hydrogens (tertiary/aromatic N) is 4. The Labute approximate surface area is 166 Å². The highest BCUT2D eigenvalue weighted by molar-refractivity contribution is 5.74. The number of benzene rings is 1. The highest BCUT2D eigenvalue weighted by Gasteiger charge is 2.49. The quantitative estimate of drug-likeness (QED) is 0.726. The van der Waals surface area contributed by atoms with Crippen molar-refractivity contribution in [3.63, 3.8) is 0 Å². The lowest BCUT2D eigenvalue weighted by atomic mass is 9.73. The van der Waals surface area contributed by atoms with E-state index in [1.807, 2.05) is 6.92 Å². The van der Waals surface area contributed by atoms with Crippen LogP contribution in [0.1, 0.15) is 55.1 Å². The third kappa shape index (κ3) is 3.41. The fraction of sp³-hybridized carbons (Fsp3) is 0.550. The number of amides is 1. The van der Waals surface area contributed by atoms with Gasteiger partial charge in [-0.2, -0.15) is 13.2 Å². The van der Waals surface area contributed by atoms with Crippen LogP contribution in [0.3, 0.4) is 0 Å². The van der Waals surface area contributed by atoms with Crippen molar-refractivity contribution >= 4 is 5.91 Å². The van der Waals surface area contributed by atoms with Gasteiger partial charge in [0.1, 0.15) is 5.69 Å². The summed E-state index contributed by atoms with van der Waals surface area (Å²) < 4.78 is 47.4. The predicted octanol–water partition coefficient (Wildman–Crippen LogP) is 3.37. The minimum atomic E-state index is -4.38. The molecule has 0 radical (unpaired) electrons. The maximum Gasteiger partial charge on any atom is 0.416 e. The molecule has 9 heteroatoms. The predicted molar refractivity (Wildman–Crippen MR) is 97.7 cm³/mol. The second kappa shape index (κ2) is 6.83. The van der Waals surface area contributed by atoms with Gasteiger partial charge < -0.3 is 9.64 Å². The van der Waals surface area contributed by atoms with E-state index in [2.05, 4.69) is 10.3 Å². The van der Waals surface area contributed by atoms with Gasteiger partial charge in [-0.05, 0) is 36.6 Å². The number of fused-ring (bicyclic) bond motifs is 2. The first-order valence-corrected chi connectivity index (χ1v) is 9.60. The summed E-state index contributed by atoms with van der Waals surface area (Å²) in [5, 5.41) is 8.19. The van der Waals surface area contributed by atoms with Crippen molar-refractivity contribution in [2.75, 3.05) is 6.61 Å². The van der Waals surface area contributed by atoms with E-state index in [9.17, 15) is 18.0 Å². The van der Waals surface area contributed by atoms with Crippen molar-refractivity contribution in [1.29, 1.82) is 0 Å². The molecule has 4 rings (SSSR count). The number of alkyl halides is 3. The molecule has 2 aliphatic rings. The van der Waals surface area contributed by atoms with Gasteiger partial charge in [-0.3, -0.25) is 9.48 Å². The van der Waals surface area contributed by atoms with E-state index in [0.29, 0.717) is 37.1 Å². The normalized spacial score (nSPS) is 27.2. The molecule has 1 aromatic carbocycles. The molecule has 0 saturated carbocycles. The number of likely N-dealkylation sites (tertiary alicyclic amines) is 1. The first-order chi connectivity index (χ1) is 13.6. The summed E-state index contributed by atoms with van der Waals surface area (Å²) in [6.07, 6.45) is -1.24. The molecule has 1 saturated heterocycles. The number of rotatable bonds is 1. The molecule has 2 aliphatic heterocycles. The third-order valence-electron chi connectivity index (χ3n) is 5.96. The van der Waals surface area contributed by atoms with Gasteiger partial charge in [-0.15, -0.1) is 5.10 Å². The third-order valence-corrected chi connectivity index (χ3v) is 5.96. The Bertz CT molecular complexity index is 942. The summed E-state index contributed by atoms with van der Waals surface area (Å²) in [6, 6.07) is 3.37. The lowest BCUT2D eigenvalue weighted by Gasteiger charge is -2.51. The van der Waals surface area contributed by atoms with Crippen molar-refractivity contribution in [3.05, 3.63) is 46.8 Å². The summed E-state index contributed by atoms with van der Waals surface area (Å²) in [7, 11) is 1.75. The van der Waals surface area contributed by atoms with Crippen LogP contribution in [0.2, 0.25) is 0 Å². The van der Waals surface area contributed by atoms with E-state index in [0.717, 1.165) is 11.6 Å². The van der Waals surface area contributed by atoms with Gasteiger partial charge in [0.05, 0.1) is 30.0 Å². The van der Waals surface area contributed by atoms with Gasteiger partial charge in [-0.1, -0.05) is 11.3 Å². The van der Waals surface area contributed by atoms with E-state index in [1.54, 1.807) is 28.9 Å². The largest absolute Gasteiger partial charge is 0.416 e. The first kappa shape index (κ1) is 19.9. The number of halogens is 3. The van der Waals surface area contributed by atoms with Gasteiger partial charge in [0, 0.05) is 32.9 Å². The van der Waals surface area contributed by atoms with E-state index in [4.69, 9.17) is 4.74 Å². The second-order valence-corrected chi connectivity index (χ2v) is 7.98. The van der Waals surface area contributed by atoms with Crippen LogP contribution in [-0.4, -0.2) is 38.4 Å². The molecule has 6 nitrogen and oxygen atoms in total. The molecule has 156 valence electrons. The number of carbonyl (C=O) groups excluding carboxylic acids is 1. The fourth-order valence-corrected chi connectivity index (χ4v) is 4.86. The Kier molecular flexibility index (Phi) is 4.68. The highest BCUT2D eigenvalue weighted by atomic mass is 19.4. The minimum absolute atomic E-state index is 0.0774. The monoisotopic (exact) mass is 408 g/mol. The van der Waals surface area contributed by atoms with Crippen molar-refractivity contribution in [2.45, 2.75) is 57.0 Å². The average molecular weight is 408 g/mol. The number of aromatic nitrogens is 3. The topological polar surface area (TPSA) is 60.2 Å². The van der Waals surface area contributed by atoms with Crippen LogP contribution in [0.25, 0.3) is 0 Å².